The van der Waals surface area contributed by atoms with Crippen LogP contribution in [0.5, 0.6) is 11.5 Å². The van der Waals surface area contributed by atoms with Gasteiger partial charge in [0.25, 0.3) is 0 Å². The van der Waals surface area contributed by atoms with Crippen LogP contribution in [0.2, 0.25) is 0 Å². The summed E-state index contributed by atoms with van der Waals surface area (Å²) in [5.41, 5.74) is 0.779. The summed E-state index contributed by atoms with van der Waals surface area (Å²) in [7, 11) is 2.72. The number of benzene rings is 1. The van der Waals surface area contributed by atoms with Gasteiger partial charge in [-0.25, -0.2) is 0 Å². The Hall–Kier alpha value is -1.89. The molecule has 1 aromatic rings. The van der Waals surface area contributed by atoms with Crippen molar-refractivity contribution in [2.75, 3.05) is 14.2 Å². The smallest absolute Gasteiger partial charge is 0.387 e. The van der Waals surface area contributed by atoms with E-state index in [1.54, 1.807) is 12.1 Å². The molecule has 1 unspecified atom stereocenters. The molecule has 7 heteroatoms. The molecule has 1 N–H and O–H groups in total. The highest BCUT2D eigenvalue weighted by Crippen LogP contribution is 2.29. The number of carbonyl (C=O) groups is 1. The van der Waals surface area contributed by atoms with Crippen molar-refractivity contribution >= 4 is 5.97 Å². The highest BCUT2D eigenvalue weighted by atomic mass is 19.3. The number of halogens is 2. The summed E-state index contributed by atoms with van der Waals surface area (Å²) in [6.07, 6.45) is 0.635. The third-order valence-corrected chi connectivity index (χ3v) is 3.19. The molecule has 0 aromatic heterocycles. The Labute approximate surface area is 134 Å². The number of methoxy groups -OCH3 is 2. The van der Waals surface area contributed by atoms with Gasteiger partial charge in [-0.05, 0) is 30.0 Å². The maximum Gasteiger partial charge on any atom is 0.387 e. The summed E-state index contributed by atoms with van der Waals surface area (Å²) in [6, 6.07) is 4.21. The van der Waals surface area contributed by atoms with Crippen molar-refractivity contribution < 1.29 is 27.8 Å². The molecule has 0 heterocycles. The van der Waals surface area contributed by atoms with Gasteiger partial charge >= 0.3 is 12.6 Å². The second-order valence-corrected chi connectivity index (χ2v) is 5.45. The van der Waals surface area contributed by atoms with Crippen LogP contribution in [0.25, 0.3) is 0 Å². The molecule has 0 spiro atoms. The number of ether oxygens (including phenoxy) is 3. The predicted molar refractivity (Wildman–Crippen MR) is 81.7 cm³/mol. The molecule has 0 aliphatic heterocycles. The minimum atomic E-state index is -2.91. The SMILES string of the molecule is COC(=O)C(CC(C)C)NCc1ccc(OC(F)F)c(OC)c1. The molecule has 1 atom stereocenters. The van der Waals surface area contributed by atoms with Crippen LogP contribution in [0, 0.1) is 5.92 Å². The zero-order chi connectivity index (χ0) is 17.4. The van der Waals surface area contributed by atoms with Gasteiger partial charge in [-0.1, -0.05) is 19.9 Å². The highest BCUT2D eigenvalue weighted by Gasteiger charge is 2.20. The van der Waals surface area contributed by atoms with Gasteiger partial charge in [-0.15, -0.1) is 0 Å². The maximum atomic E-state index is 12.3. The first kappa shape index (κ1) is 19.2. The van der Waals surface area contributed by atoms with Crippen LogP contribution in [0.3, 0.4) is 0 Å². The van der Waals surface area contributed by atoms with Gasteiger partial charge < -0.3 is 19.5 Å². The number of nitrogens with one attached hydrogen (secondary N) is 1. The molecule has 0 fully saturated rings. The molecule has 0 bridgehead atoms. The van der Waals surface area contributed by atoms with E-state index in [1.165, 1.54) is 20.3 Å². The molecule has 1 rings (SSSR count). The fraction of sp³-hybridized carbons (Fsp3) is 0.562. The Morgan fingerprint density at radius 3 is 2.43 bits per heavy atom. The largest absolute Gasteiger partial charge is 0.493 e. The predicted octanol–water partition coefficient (Wildman–Crippen LogP) is 2.97. The van der Waals surface area contributed by atoms with Gasteiger partial charge in [0.1, 0.15) is 6.04 Å². The molecule has 0 aliphatic carbocycles. The van der Waals surface area contributed by atoms with Crippen molar-refractivity contribution in [3.05, 3.63) is 23.8 Å². The van der Waals surface area contributed by atoms with E-state index < -0.39 is 12.7 Å². The molecule has 0 saturated carbocycles. The van der Waals surface area contributed by atoms with Crippen molar-refractivity contribution in [1.29, 1.82) is 0 Å². The van der Waals surface area contributed by atoms with E-state index in [9.17, 15) is 13.6 Å². The van der Waals surface area contributed by atoms with Crippen molar-refractivity contribution in [3.8, 4) is 11.5 Å². The van der Waals surface area contributed by atoms with E-state index in [0.29, 0.717) is 18.9 Å². The van der Waals surface area contributed by atoms with Gasteiger partial charge in [-0.2, -0.15) is 8.78 Å². The molecule has 0 saturated heterocycles. The van der Waals surface area contributed by atoms with Gasteiger partial charge in [0.2, 0.25) is 0 Å². The number of hydrogen-bond acceptors (Lipinski definition) is 5. The lowest BCUT2D eigenvalue weighted by Gasteiger charge is -2.19. The van der Waals surface area contributed by atoms with E-state index >= 15 is 0 Å². The van der Waals surface area contributed by atoms with Crippen LogP contribution in [0.4, 0.5) is 8.78 Å². The lowest BCUT2D eigenvalue weighted by Crippen LogP contribution is -2.38. The summed E-state index contributed by atoms with van der Waals surface area (Å²) in [5, 5.41) is 3.11. The molecule has 130 valence electrons. The number of hydrogen-bond donors (Lipinski definition) is 1. The van der Waals surface area contributed by atoms with Crippen LogP contribution in [-0.2, 0) is 16.1 Å². The Morgan fingerprint density at radius 2 is 1.91 bits per heavy atom. The zero-order valence-corrected chi connectivity index (χ0v) is 13.8. The monoisotopic (exact) mass is 331 g/mol. The molecule has 1 aromatic carbocycles. The van der Waals surface area contributed by atoms with Crippen molar-refractivity contribution in [2.45, 2.75) is 39.5 Å². The first-order valence-electron chi connectivity index (χ1n) is 7.30. The van der Waals surface area contributed by atoms with Crippen molar-refractivity contribution in [3.63, 3.8) is 0 Å². The number of carbonyl (C=O) groups excluding carboxylic acids is 1. The first-order valence-corrected chi connectivity index (χ1v) is 7.30. The van der Waals surface area contributed by atoms with E-state index in [1.807, 2.05) is 13.8 Å². The number of rotatable bonds is 9. The second kappa shape index (κ2) is 9.29. The van der Waals surface area contributed by atoms with Crippen LogP contribution in [0.1, 0.15) is 25.8 Å². The van der Waals surface area contributed by atoms with E-state index in [0.717, 1.165) is 5.56 Å². The molecule has 5 nitrogen and oxygen atoms in total. The lowest BCUT2D eigenvalue weighted by molar-refractivity contribution is -0.143. The fourth-order valence-electron chi connectivity index (χ4n) is 2.13. The molecular weight excluding hydrogens is 308 g/mol. The lowest BCUT2D eigenvalue weighted by atomic mass is 10.0. The average Bonchev–Trinajstić information content (AvgIpc) is 2.50. The highest BCUT2D eigenvalue weighted by molar-refractivity contribution is 5.75. The molecule has 0 radical (unpaired) electrons. The molecule has 0 amide bonds. The fourth-order valence-corrected chi connectivity index (χ4v) is 2.13. The Bertz CT molecular complexity index is 509. The Kier molecular flexibility index (Phi) is 7.74. The molecular formula is C16H23F2NO4. The van der Waals surface area contributed by atoms with Crippen LogP contribution >= 0.6 is 0 Å². The standard InChI is InChI=1S/C16H23F2NO4/c1-10(2)7-12(15(20)22-4)19-9-11-5-6-13(23-16(17)18)14(8-11)21-3/h5-6,8,10,12,16,19H,7,9H2,1-4H3. The molecule has 0 aliphatic rings. The topological polar surface area (TPSA) is 56.8 Å². The maximum absolute atomic E-state index is 12.3. The minimum absolute atomic E-state index is 0.0297. The van der Waals surface area contributed by atoms with Crippen LogP contribution < -0.4 is 14.8 Å². The first-order chi connectivity index (χ1) is 10.9. The van der Waals surface area contributed by atoms with E-state index in [-0.39, 0.29) is 17.5 Å². The van der Waals surface area contributed by atoms with E-state index in [2.05, 4.69) is 10.1 Å². The van der Waals surface area contributed by atoms with Gasteiger partial charge in [0, 0.05) is 6.54 Å². The van der Waals surface area contributed by atoms with E-state index in [4.69, 9.17) is 9.47 Å². The zero-order valence-electron chi connectivity index (χ0n) is 13.8. The summed E-state index contributed by atoms with van der Waals surface area (Å²) in [5.74, 6) is 0.173. The normalized spacial score (nSPS) is 12.3. The van der Waals surface area contributed by atoms with Gasteiger partial charge in [0.05, 0.1) is 14.2 Å². The van der Waals surface area contributed by atoms with Gasteiger partial charge in [-0.3, -0.25) is 4.79 Å². The average molecular weight is 331 g/mol. The van der Waals surface area contributed by atoms with Crippen molar-refractivity contribution in [1.82, 2.24) is 5.32 Å². The summed E-state index contributed by atoms with van der Waals surface area (Å²) in [4.78, 5) is 11.8. The summed E-state index contributed by atoms with van der Waals surface area (Å²) in [6.45, 7) is 1.48. The summed E-state index contributed by atoms with van der Waals surface area (Å²) < 4.78 is 38.8. The summed E-state index contributed by atoms with van der Waals surface area (Å²) >= 11 is 0. The third kappa shape index (κ3) is 6.40. The van der Waals surface area contributed by atoms with Gasteiger partial charge in [0.15, 0.2) is 11.5 Å². The minimum Gasteiger partial charge on any atom is -0.493 e. The van der Waals surface area contributed by atoms with Crippen molar-refractivity contribution in [2.24, 2.45) is 5.92 Å². The second-order valence-electron chi connectivity index (χ2n) is 5.45. The molecule has 23 heavy (non-hydrogen) atoms. The Morgan fingerprint density at radius 1 is 1.22 bits per heavy atom. The van der Waals surface area contributed by atoms with Crippen LogP contribution in [0.15, 0.2) is 18.2 Å². The quantitative estimate of drug-likeness (QED) is 0.705. The third-order valence-electron chi connectivity index (χ3n) is 3.19. The van der Waals surface area contributed by atoms with Crippen LogP contribution in [-0.4, -0.2) is 32.8 Å². The Balaban J connectivity index is 2.77. The number of alkyl halides is 2. The number of esters is 1.